The van der Waals surface area contributed by atoms with Crippen LogP contribution in [0.3, 0.4) is 0 Å². The van der Waals surface area contributed by atoms with Crippen molar-refractivity contribution in [2.45, 2.75) is 26.2 Å². The summed E-state index contributed by atoms with van der Waals surface area (Å²) >= 11 is 7.41. The molecule has 1 unspecified atom stereocenters. The molecular formula is C18H18ClNO3S. The van der Waals surface area contributed by atoms with Crippen molar-refractivity contribution in [3.63, 3.8) is 0 Å². The minimum absolute atomic E-state index is 0.283. The molecule has 0 radical (unpaired) electrons. The first-order chi connectivity index (χ1) is 11.5. The number of fused-ring (bicyclic) bond motifs is 1. The Hall–Kier alpha value is -1.85. The smallest absolute Gasteiger partial charge is 0.341 e. The van der Waals surface area contributed by atoms with Crippen molar-refractivity contribution in [1.29, 1.82) is 0 Å². The molecule has 2 aromatic rings. The molecule has 3 rings (SSSR count). The van der Waals surface area contributed by atoms with E-state index in [1.54, 1.807) is 24.3 Å². The number of rotatable bonds is 3. The monoisotopic (exact) mass is 363 g/mol. The molecule has 0 spiro atoms. The lowest BCUT2D eigenvalue weighted by Gasteiger charge is -2.18. The Kier molecular flexibility index (Phi) is 4.92. The first-order valence-corrected chi connectivity index (χ1v) is 8.98. The number of thiophene rings is 1. The van der Waals surface area contributed by atoms with Crippen molar-refractivity contribution in [2.24, 2.45) is 5.92 Å². The van der Waals surface area contributed by atoms with Crippen LogP contribution < -0.4 is 5.32 Å². The Morgan fingerprint density at radius 1 is 1.38 bits per heavy atom. The van der Waals surface area contributed by atoms with E-state index in [2.05, 4.69) is 12.2 Å². The van der Waals surface area contributed by atoms with Crippen molar-refractivity contribution in [1.82, 2.24) is 0 Å². The lowest BCUT2D eigenvalue weighted by atomic mass is 9.88. The molecule has 1 aromatic heterocycles. The van der Waals surface area contributed by atoms with Gasteiger partial charge in [0.2, 0.25) is 0 Å². The molecule has 1 aliphatic carbocycles. The molecule has 0 saturated heterocycles. The van der Waals surface area contributed by atoms with E-state index in [0.717, 1.165) is 29.7 Å². The Morgan fingerprint density at radius 2 is 2.17 bits per heavy atom. The molecule has 0 fully saturated rings. The second kappa shape index (κ2) is 6.95. The van der Waals surface area contributed by atoms with Gasteiger partial charge in [-0.25, -0.2) is 4.79 Å². The number of anilines is 1. The predicted octanol–water partition coefficient (Wildman–Crippen LogP) is 4.57. The molecule has 1 atom stereocenters. The molecule has 6 heteroatoms. The Bertz CT molecular complexity index is 800. The predicted molar refractivity (Wildman–Crippen MR) is 96.3 cm³/mol. The molecular weight excluding hydrogens is 346 g/mol. The Labute approximate surface area is 149 Å². The van der Waals surface area contributed by atoms with Crippen LogP contribution in [-0.2, 0) is 17.6 Å². The average molecular weight is 364 g/mol. The zero-order valence-electron chi connectivity index (χ0n) is 13.5. The topological polar surface area (TPSA) is 55.4 Å². The van der Waals surface area contributed by atoms with Gasteiger partial charge in [-0.1, -0.05) is 24.6 Å². The minimum atomic E-state index is -0.400. The van der Waals surface area contributed by atoms with Crippen molar-refractivity contribution >= 4 is 39.8 Å². The van der Waals surface area contributed by atoms with Gasteiger partial charge in [-0.3, -0.25) is 4.79 Å². The number of amides is 1. The van der Waals surface area contributed by atoms with Gasteiger partial charge in [0.25, 0.3) is 5.91 Å². The first-order valence-electron chi connectivity index (χ1n) is 7.79. The van der Waals surface area contributed by atoms with Crippen LogP contribution in [0, 0.1) is 5.92 Å². The van der Waals surface area contributed by atoms with Gasteiger partial charge in [-0.15, -0.1) is 11.3 Å². The quantitative estimate of drug-likeness (QED) is 0.813. The third-order valence-corrected chi connectivity index (χ3v) is 5.62. The maximum absolute atomic E-state index is 12.5. The van der Waals surface area contributed by atoms with Gasteiger partial charge in [-0.2, -0.15) is 0 Å². The standard InChI is InChI=1S/C18H18ClNO3S/c1-10-6-7-13-14(8-10)24-17(15(13)18(22)23-2)20-16(21)11-4-3-5-12(19)9-11/h3-5,9-10H,6-8H2,1-2H3,(H,20,21). The molecule has 0 bridgehead atoms. The molecule has 1 aliphatic rings. The Morgan fingerprint density at radius 3 is 2.88 bits per heavy atom. The second-order valence-corrected chi connectivity index (χ2v) is 7.55. The first kappa shape index (κ1) is 17.0. The summed E-state index contributed by atoms with van der Waals surface area (Å²) in [5.41, 5.74) is 1.98. The van der Waals surface area contributed by atoms with E-state index in [9.17, 15) is 9.59 Å². The van der Waals surface area contributed by atoms with Crippen molar-refractivity contribution in [2.75, 3.05) is 12.4 Å². The highest BCUT2D eigenvalue weighted by molar-refractivity contribution is 7.17. The summed E-state index contributed by atoms with van der Waals surface area (Å²) in [7, 11) is 1.36. The largest absolute Gasteiger partial charge is 0.465 e. The zero-order chi connectivity index (χ0) is 17.3. The summed E-state index contributed by atoms with van der Waals surface area (Å²) < 4.78 is 4.93. The summed E-state index contributed by atoms with van der Waals surface area (Å²) in [6.45, 7) is 2.20. The number of carbonyl (C=O) groups is 2. The van der Waals surface area contributed by atoms with Gasteiger partial charge < -0.3 is 10.1 Å². The number of methoxy groups -OCH3 is 1. The van der Waals surface area contributed by atoms with Gasteiger partial charge in [-0.05, 0) is 48.9 Å². The number of hydrogen-bond donors (Lipinski definition) is 1. The third kappa shape index (κ3) is 3.32. The van der Waals surface area contributed by atoms with E-state index >= 15 is 0 Å². The average Bonchev–Trinajstić information content (AvgIpc) is 2.90. The molecule has 0 aliphatic heterocycles. The summed E-state index contributed by atoms with van der Waals surface area (Å²) in [6.07, 6.45) is 2.80. The summed E-state index contributed by atoms with van der Waals surface area (Å²) in [6, 6.07) is 6.72. The van der Waals surface area contributed by atoms with E-state index in [1.807, 2.05) is 0 Å². The van der Waals surface area contributed by atoms with E-state index in [0.29, 0.717) is 27.1 Å². The lowest BCUT2D eigenvalue weighted by molar-refractivity contribution is 0.0601. The number of hydrogen-bond acceptors (Lipinski definition) is 4. The third-order valence-electron chi connectivity index (χ3n) is 4.22. The molecule has 1 aromatic carbocycles. The van der Waals surface area contributed by atoms with Gasteiger partial charge in [0, 0.05) is 15.5 Å². The minimum Gasteiger partial charge on any atom is -0.465 e. The van der Waals surface area contributed by atoms with Gasteiger partial charge in [0.1, 0.15) is 5.00 Å². The molecule has 4 nitrogen and oxygen atoms in total. The normalized spacial score (nSPS) is 16.4. The van der Waals surface area contributed by atoms with Crippen LogP contribution in [0.25, 0.3) is 0 Å². The van der Waals surface area contributed by atoms with E-state index in [-0.39, 0.29) is 5.91 Å². The fourth-order valence-electron chi connectivity index (χ4n) is 2.96. The summed E-state index contributed by atoms with van der Waals surface area (Å²) in [5, 5.41) is 3.92. The number of carbonyl (C=O) groups excluding carboxylic acids is 2. The second-order valence-electron chi connectivity index (χ2n) is 6.01. The van der Waals surface area contributed by atoms with Crippen molar-refractivity contribution in [3.05, 3.63) is 50.9 Å². The van der Waals surface area contributed by atoms with E-state index < -0.39 is 5.97 Å². The highest BCUT2D eigenvalue weighted by atomic mass is 35.5. The van der Waals surface area contributed by atoms with Crippen LogP contribution in [0.15, 0.2) is 24.3 Å². The number of ether oxygens (including phenoxy) is 1. The molecule has 126 valence electrons. The maximum Gasteiger partial charge on any atom is 0.341 e. The van der Waals surface area contributed by atoms with E-state index in [1.165, 1.54) is 18.4 Å². The molecule has 1 amide bonds. The lowest BCUT2D eigenvalue weighted by Crippen LogP contribution is -2.16. The maximum atomic E-state index is 12.5. The fourth-order valence-corrected chi connectivity index (χ4v) is 4.55. The van der Waals surface area contributed by atoms with Crippen LogP contribution in [0.5, 0.6) is 0 Å². The highest BCUT2D eigenvalue weighted by Crippen LogP contribution is 2.40. The van der Waals surface area contributed by atoms with Crippen LogP contribution in [-0.4, -0.2) is 19.0 Å². The van der Waals surface area contributed by atoms with Gasteiger partial charge in [0.15, 0.2) is 0 Å². The molecule has 24 heavy (non-hydrogen) atoms. The van der Waals surface area contributed by atoms with Crippen LogP contribution >= 0.6 is 22.9 Å². The number of nitrogens with one attached hydrogen (secondary N) is 1. The van der Waals surface area contributed by atoms with E-state index in [4.69, 9.17) is 16.3 Å². The number of esters is 1. The van der Waals surface area contributed by atoms with Gasteiger partial charge in [0.05, 0.1) is 12.7 Å². The molecule has 1 N–H and O–H groups in total. The van der Waals surface area contributed by atoms with Gasteiger partial charge >= 0.3 is 5.97 Å². The zero-order valence-corrected chi connectivity index (χ0v) is 15.1. The SMILES string of the molecule is COC(=O)c1c(NC(=O)c2cccc(Cl)c2)sc2c1CCC(C)C2. The summed E-state index contributed by atoms with van der Waals surface area (Å²) in [5.74, 6) is -0.101. The number of halogens is 1. The van der Waals surface area contributed by atoms with Crippen LogP contribution in [0.1, 0.15) is 44.5 Å². The fraction of sp³-hybridized carbons (Fsp3) is 0.333. The van der Waals surface area contributed by atoms with Crippen molar-refractivity contribution < 1.29 is 14.3 Å². The van der Waals surface area contributed by atoms with Crippen LogP contribution in [0.2, 0.25) is 5.02 Å². The Balaban J connectivity index is 1.95. The number of benzene rings is 1. The highest BCUT2D eigenvalue weighted by Gasteiger charge is 2.29. The summed E-state index contributed by atoms with van der Waals surface area (Å²) in [4.78, 5) is 25.9. The molecule has 0 saturated carbocycles. The molecule has 1 heterocycles. The van der Waals surface area contributed by atoms with Crippen molar-refractivity contribution in [3.8, 4) is 0 Å². The van der Waals surface area contributed by atoms with Crippen LogP contribution in [0.4, 0.5) is 5.00 Å².